The first-order valence-corrected chi connectivity index (χ1v) is 9.09. The van der Waals surface area contributed by atoms with Crippen molar-refractivity contribution < 1.29 is 21.6 Å². The molecular weight excluding hydrogens is 329 g/mol. The van der Waals surface area contributed by atoms with E-state index in [4.69, 9.17) is 11.6 Å². The van der Waals surface area contributed by atoms with Gasteiger partial charge in [-0.05, 0) is 25.7 Å². The Morgan fingerprint density at radius 2 is 1.81 bits per heavy atom. The molecular formula is C12H20ClF3N2O2S. The van der Waals surface area contributed by atoms with Crippen molar-refractivity contribution in [2.75, 3.05) is 25.5 Å². The predicted octanol–water partition coefficient (Wildman–Crippen LogP) is 2.60. The van der Waals surface area contributed by atoms with Gasteiger partial charge in [0.1, 0.15) is 0 Å². The highest BCUT2D eigenvalue weighted by molar-refractivity contribution is 7.86. The molecule has 2 fully saturated rings. The number of nitrogens with zero attached hydrogens (tertiary/aromatic N) is 2. The molecule has 21 heavy (non-hydrogen) atoms. The van der Waals surface area contributed by atoms with E-state index in [1.807, 2.05) is 0 Å². The van der Waals surface area contributed by atoms with E-state index in [9.17, 15) is 21.6 Å². The fourth-order valence-corrected chi connectivity index (χ4v) is 5.34. The van der Waals surface area contributed by atoms with Crippen LogP contribution in [0.3, 0.4) is 0 Å². The van der Waals surface area contributed by atoms with Gasteiger partial charge in [-0.15, -0.1) is 11.6 Å². The molecule has 0 aromatic heterocycles. The minimum absolute atomic E-state index is 0.00550. The Morgan fingerprint density at radius 1 is 1.10 bits per heavy atom. The van der Waals surface area contributed by atoms with Crippen molar-refractivity contribution in [2.45, 2.75) is 44.3 Å². The summed E-state index contributed by atoms with van der Waals surface area (Å²) in [6.07, 6.45) is -1.82. The number of halogens is 4. The minimum Gasteiger partial charge on any atom is -0.195 e. The van der Waals surface area contributed by atoms with E-state index in [2.05, 4.69) is 0 Å². The topological polar surface area (TPSA) is 40.6 Å². The van der Waals surface area contributed by atoms with Crippen LogP contribution in [-0.4, -0.2) is 54.8 Å². The molecule has 2 rings (SSSR count). The molecule has 0 aromatic rings. The van der Waals surface area contributed by atoms with Crippen LogP contribution in [-0.2, 0) is 10.2 Å². The second-order valence-electron chi connectivity index (χ2n) is 5.66. The van der Waals surface area contributed by atoms with Crippen LogP contribution in [0.5, 0.6) is 0 Å². The van der Waals surface area contributed by atoms with Gasteiger partial charge in [0.2, 0.25) is 0 Å². The molecule has 9 heteroatoms. The van der Waals surface area contributed by atoms with Crippen LogP contribution in [0.4, 0.5) is 13.2 Å². The highest BCUT2D eigenvalue weighted by atomic mass is 35.5. The molecule has 0 spiro atoms. The molecule has 0 N–H and O–H groups in total. The lowest BCUT2D eigenvalue weighted by atomic mass is 9.99. The zero-order valence-electron chi connectivity index (χ0n) is 11.6. The molecule has 2 aliphatic heterocycles. The summed E-state index contributed by atoms with van der Waals surface area (Å²) in [5, 5.41) is 0. The fourth-order valence-electron chi connectivity index (χ4n) is 3.00. The van der Waals surface area contributed by atoms with E-state index < -0.39 is 28.8 Å². The largest absolute Gasteiger partial charge is 0.393 e. The third-order valence-electron chi connectivity index (χ3n) is 4.22. The highest BCUT2D eigenvalue weighted by Gasteiger charge is 2.46. The van der Waals surface area contributed by atoms with E-state index in [1.54, 1.807) is 0 Å². The number of alkyl halides is 4. The van der Waals surface area contributed by atoms with Crippen LogP contribution < -0.4 is 0 Å². The Bertz CT molecular complexity index is 458. The maximum atomic E-state index is 12.8. The SMILES string of the molecule is O=S(=O)(N1CCCC(C(F)(F)F)C1)N1CCCCC1CCl. The van der Waals surface area contributed by atoms with Gasteiger partial charge >= 0.3 is 6.18 Å². The lowest BCUT2D eigenvalue weighted by Gasteiger charge is -2.40. The Hall–Kier alpha value is -0.0500. The van der Waals surface area contributed by atoms with Crippen molar-refractivity contribution in [1.82, 2.24) is 8.61 Å². The average molecular weight is 349 g/mol. The van der Waals surface area contributed by atoms with Crippen LogP contribution >= 0.6 is 11.6 Å². The van der Waals surface area contributed by atoms with Crippen molar-refractivity contribution in [2.24, 2.45) is 5.92 Å². The van der Waals surface area contributed by atoms with Gasteiger partial charge in [-0.3, -0.25) is 0 Å². The van der Waals surface area contributed by atoms with E-state index in [0.717, 1.165) is 17.1 Å². The summed E-state index contributed by atoms with van der Waals surface area (Å²) < 4.78 is 66.0. The molecule has 124 valence electrons. The molecule has 0 saturated carbocycles. The molecule has 2 atom stereocenters. The van der Waals surface area contributed by atoms with E-state index in [0.29, 0.717) is 13.0 Å². The predicted molar refractivity (Wildman–Crippen MR) is 74.3 cm³/mol. The van der Waals surface area contributed by atoms with E-state index in [1.165, 1.54) is 4.31 Å². The third-order valence-corrected chi connectivity index (χ3v) is 6.63. The zero-order valence-corrected chi connectivity index (χ0v) is 13.2. The van der Waals surface area contributed by atoms with Crippen molar-refractivity contribution in [1.29, 1.82) is 0 Å². The maximum absolute atomic E-state index is 12.8. The minimum atomic E-state index is -4.35. The Labute approximate surface area is 128 Å². The lowest BCUT2D eigenvalue weighted by Crippen LogP contribution is -2.54. The van der Waals surface area contributed by atoms with Gasteiger partial charge in [-0.1, -0.05) is 6.42 Å². The Balaban J connectivity index is 2.14. The molecule has 0 bridgehead atoms. The summed E-state index contributed by atoms with van der Waals surface area (Å²) in [6.45, 7) is 0.0185. The molecule has 2 unspecified atom stereocenters. The molecule has 0 aromatic carbocycles. The molecule has 0 amide bonds. The molecule has 0 radical (unpaired) electrons. The van der Waals surface area contributed by atoms with E-state index in [-0.39, 0.29) is 31.3 Å². The van der Waals surface area contributed by atoms with Crippen molar-refractivity contribution in [3.8, 4) is 0 Å². The summed E-state index contributed by atoms with van der Waals surface area (Å²) in [6, 6.07) is -0.309. The van der Waals surface area contributed by atoms with Crippen LogP contribution in [0.15, 0.2) is 0 Å². The second kappa shape index (κ2) is 6.60. The zero-order chi connectivity index (χ0) is 15.7. The van der Waals surface area contributed by atoms with Crippen LogP contribution in [0.1, 0.15) is 32.1 Å². The van der Waals surface area contributed by atoms with Gasteiger partial charge in [0, 0.05) is 31.6 Å². The van der Waals surface area contributed by atoms with Gasteiger partial charge in [0.25, 0.3) is 10.2 Å². The van der Waals surface area contributed by atoms with Gasteiger partial charge in [0.05, 0.1) is 5.92 Å². The first kappa shape index (κ1) is 17.3. The molecule has 2 heterocycles. The van der Waals surface area contributed by atoms with Gasteiger partial charge < -0.3 is 0 Å². The molecule has 4 nitrogen and oxygen atoms in total. The Morgan fingerprint density at radius 3 is 2.43 bits per heavy atom. The lowest BCUT2D eigenvalue weighted by molar-refractivity contribution is -0.182. The first-order chi connectivity index (χ1) is 9.76. The first-order valence-electron chi connectivity index (χ1n) is 7.16. The summed E-state index contributed by atoms with van der Waals surface area (Å²) in [4.78, 5) is 0. The van der Waals surface area contributed by atoms with Gasteiger partial charge in [-0.25, -0.2) is 0 Å². The Kier molecular flexibility index (Phi) is 5.44. The average Bonchev–Trinajstić information content (AvgIpc) is 2.46. The molecule has 2 aliphatic rings. The number of piperidine rings is 2. The smallest absolute Gasteiger partial charge is 0.195 e. The van der Waals surface area contributed by atoms with Gasteiger partial charge in [-0.2, -0.15) is 30.2 Å². The number of rotatable bonds is 3. The number of hydrogen-bond donors (Lipinski definition) is 0. The molecule has 0 aliphatic carbocycles. The monoisotopic (exact) mass is 348 g/mol. The summed E-state index contributed by atoms with van der Waals surface area (Å²) >= 11 is 5.82. The van der Waals surface area contributed by atoms with Crippen molar-refractivity contribution in [3.05, 3.63) is 0 Å². The van der Waals surface area contributed by atoms with Crippen molar-refractivity contribution in [3.63, 3.8) is 0 Å². The van der Waals surface area contributed by atoms with Crippen molar-refractivity contribution >= 4 is 21.8 Å². The molecule has 2 saturated heterocycles. The van der Waals surface area contributed by atoms with Crippen LogP contribution in [0.25, 0.3) is 0 Å². The highest BCUT2D eigenvalue weighted by Crippen LogP contribution is 2.35. The van der Waals surface area contributed by atoms with Crippen LogP contribution in [0.2, 0.25) is 0 Å². The second-order valence-corrected chi connectivity index (χ2v) is 7.85. The van der Waals surface area contributed by atoms with E-state index >= 15 is 0 Å². The number of hydrogen-bond acceptors (Lipinski definition) is 2. The normalized spacial score (nSPS) is 30.5. The maximum Gasteiger partial charge on any atom is 0.393 e. The fraction of sp³-hybridized carbons (Fsp3) is 1.00. The standard InChI is InChI=1S/C12H20ClF3N2O2S/c13-8-11-5-1-2-7-18(11)21(19,20)17-6-3-4-10(9-17)12(14,15)16/h10-11H,1-9H2. The summed E-state index contributed by atoms with van der Waals surface area (Å²) in [5.74, 6) is -1.39. The van der Waals surface area contributed by atoms with Gasteiger partial charge in [0.15, 0.2) is 0 Å². The third kappa shape index (κ3) is 3.83. The summed E-state index contributed by atoms with van der Waals surface area (Å²) in [5.41, 5.74) is 0. The summed E-state index contributed by atoms with van der Waals surface area (Å²) in [7, 11) is -3.86. The quantitative estimate of drug-likeness (QED) is 0.736. The van der Waals surface area contributed by atoms with Crippen LogP contribution in [0, 0.1) is 5.92 Å².